The Balaban J connectivity index is 1.83. The van der Waals surface area contributed by atoms with Crippen molar-refractivity contribution in [1.29, 1.82) is 0 Å². The van der Waals surface area contributed by atoms with Crippen molar-refractivity contribution in [1.82, 2.24) is 10.2 Å². The zero-order valence-electron chi connectivity index (χ0n) is 15.3. The van der Waals surface area contributed by atoms with Crippen LogP contribution >= 0.6 is 0 Å². The van der Waals surface area contributed by atoms with Crippen LogP contribution in [0.1, 0.15) is 20.3 Å². The summed E-state index contributed by atoms with van der Waals surface area (Å²) in [6, 6.07) is 7.79. The number of ether oxygens (including phenoxy) is 1. The van der Waals surface area contributed by atoms with Gasteiger partial charge >= 0.3 is 0 Å². The Morgan fingerprint density at radius 2 is 2.08 bits per heavy atom. The van der Waals surface area contributed by atoms with Crippen LogP contribution in [0.4, 0.5) is 0 Å². The van der Waals surface area contributed by atoms with Gasteiger partial charge in [-0.3, -0.25) is 0 Å². The summed E-state index contributed by atoms with van der Waals surface area (Å²) in [4.78, 5) is 3.26. The van der Waals surface area contributed by atoms with Crippen LogP contribution in [0.2, 0.25) is 0 Å². The summed E-state index contributed by atoms with van der Waals surface area (Å²) in [5.41, 5.74) is 0. The predicted molar refractivity (Wildman–Crippen MR) is 100 cm³/mol. The Morgan fingerprint density at radius 1 is 1.38 bits per heavy atom. The Bertz CT molecular complexity index is 622. The summed E-state index contributed by atoms with van der Waals surface area (Å²) < 4.78 is 22.1. The van der Waals surface area contributed by atoms with E-state index in [0.717, 1.165) is 42.7 Å². The highest BCUT2D eigenvalue weighted by Gasteiger charge is 2.19. The largest absolute Gasteiger partial charge is 0.492 e. The Kier molecular flexibility index (Phi) is 7.07. The number of hydrogen-bond acceptors (Lipinski definition) is 5. The lowest BCUT2D eigenvalue weighted by Gasteiger charge is -2.33. The topological polar surface area (TPSA) is 53.9 Å². The van der Waals surface area contributed by atoms with E-state index < -0.39 is 9.73 Å². The van der Waals surface area contributed by atoms with Gasteiger partial charge < -0.3 is 15.0 Å². The summed E-state index contributed by atoms with van der Waals surface area (Å²) in [5.74, 6) is 1.56. The molecule has 0 bridgehead atoms. The predicted octanol–water partition coefficient (Wildman–Crippen LogP) is 2.47. The summed E-state index contributed by atoms with van der Waals surface area (Å²) in [6.45, 7) is 9.51. The zero-order chi connectivity index (χ0) is 17.6. The molecule has 0 saturated carbocycles. The molecule has 2 unspecified atom stereocenters. The quantitative estimate of drug-likeness (QED) is 0.818. The molecule has 1 aromatic carbocycles. The number of nitrogens with zero attached hydrogens (tertiary/aromatic N) is 2. The van der Waals surface area contributed by atoms with Crippen LogP contribution in [-0.4, -0.2) is 61.2 Å². The normalized spacial score (nSPS) is 21.5. The maximum absolute atomic E-state index is 12.2. The van der Waals surface area contributed by atoms with Crippen LogP contribution in [-0.2, 0) is 9.73 Å². The molecule has 1 fully saturated rings. The van der Waals surface area contributed by atoms with Crippen molar-refractivity contribution in [3.05, 3.63) is 24.3 Å². The van der Waals surface area contributed by atoms with Gasteiger partial charge in [-0.1, -0.05) is 13.8 Å². The van der Waals surface area contributed by atoms with Gasteiger partial charge in [0.05, 0.1) is 15.8 Å². The first-order valence-electron chi connectivity index (χ1n) is 8.69. The highest BCUT2D eigenvalue weighted by atomic mass is 32.2. The van der Waals surface area contributed by atoms with Crippen LogP contribution < -0.4 is 10.1 Å². The summed E-state index contributed by atoms with van der Waals surface area (Å²) in [7, 11) is -0.681. The highest BCUT2D eigenvalue weighted by Crippen LogP contribution is 2.17. The summed E-state index contributed by atoms with van der Waals surface area (Å²) in [6.07, 6.45) is 2.90. The number of benzene rings is 1. The summed E-state index contributed by atoms with van der Waals surface area (Å²) in [5, 5.41) is 3.52. The minimum absolute atomic E-state index is 0.353. The standard InChI is InChI=1S/C18H31N3O2S/c1-15(2)9-11-21-12-10-20-16(13-21)14-23-17-5-7-18(8-6-17)24(4,22)19-3/h5-8,15-16,20H,9-14H2,1-4H3. The number of hydrogen-bond donors (Lipinski definition) is 1. The van der Waals surface area contributed by atoms with Crippen molar-refractivity contribution in [2.45, 2.75) is 31.2 Å². The van der Waals surface area contributed by atoms with Gasteiger partial charge in [0.15, 0.2) is 0 Å². The van der Waals surface area contributed by atoms with Crippen LogP contribution in [0.15, 0.2) is 33.5 Å². The van der Waals surface area contributed by atoms with Gasteiger partial charge in [0.2, 0.25) is 0 Å². The molecular formula is C18H31N3O2S. The van der Waals surface area contributed by atoms with Crippen LogP contribution in [0, 0.1) is 5.92 Å². The monoisotopic (exact) mass is 353 g/mol. The summed E-state index contributed by atoms with van der Waals surface area (Å²) >= 11 is 0. The number of piperazine rings is 1. The first kappa shape index (κ1) is 19.2. The zero-order valence-corrected chi connectivity index (χ0v) is 16.1. The van der Waals surface area contributed by atoms with Gasteiger partial charge in [0, 0.05) is 37.8 Å². The Hall–Kier alpha value is -1.11. The van der Waals surface area contributed by atoms with Crippen LogP contribution in [0.5, 0.6) is 5.75 Å². The fraction of sp³-hybridized carbons (Fsp3) is 0.667. The molecule has 1 aliphatic heterocycles. The van der Waals surface area contributed by atoms with Crippen LogP contribution in [0.25, 0.3) is 0 Å². The average molecular weight is 354 g/mol. The molecule has 0 radical (unpaired) electrons. The second-order valence-electron chi connectivity index (χ2n) is 6.90. The lowest BCUT2D eigenvalue weighted by atomic mass is 10.1. The van der Waals surface area contributed by atoms with E-state index in [1.807, 2.05) is 24.3 Å². The van der Waals surface area contributed by atoms with Gasteiger partial charge in [-0.2, -0.15) is 0 Å². The molecule has 24 heavy (non-hydrogen) atoms. The Morgan fingerprint density at radius 3 is 2.71 bits per heavy atom. The molecule has 5 nitrogen and oxygen atoms in total. The molecule has 1 aliphatic rings. The van der Waals surface area contributed by atoms with E-state index >= 15 is 0 Å². The van der Waals surface area contributed by atoms with E-state index in [2.05, 4.69) is 28.4 Å². The minimum Gasteiger partial charge on any atom is -0.492 e. The van der Waals surface area contributed by atoms with Crippen molar-refractivity contribution >= 4 is 9.73 Å². The van der Waals surface area contributed by atoms with Crippen molar-refractivity contribution in [2.24, 2.45) is 10.3 Å². The van der Waals surface area contributed by atoms with E-state index in [4.69, 9.17) is 4.74 Å². The molecule has 1 aromatic rings. The molecule has 0 aromatic heterocycles. The van der Waals surface area contributed by atoms with Gasteiger partial charge in [-0.05, 0) is 43.1 Å². The third kappa shape index (κ3) is 5.76. The van der Waals surface area contributed by atoms with Gasteiger partial charge in [-0.25, -0.2) is 8.57 Å². The molecule has 0 spiro atoms. The fourth-order valence-corrected chi connectivity index (χ4v) is 3.59. The first-order valence-corrected chi connectivity index (χ1v) is 10.6. The molecule has 1 heterocycles. The third-order valence-corrected chi connectivity index (χ3v) is 6.27. The highest BCUT2D eigenvalue weighted by molar-refractivity contribution is 7.93. The molecule has 136 valence electrons. The maximum atomic E-state index is 12.2. The third-order valence-electron chi connectivity index (χ3n) is 4.42. The molecule has 2 rings (SSSR count). The van der Waals surface area contributed by atoms with E-state index in [9.17, 15) is 4.21 Å². The second kappa shape index (κ2) is 8.83. The van der Waals surface area contributed by atoms with E-state index in [0.29, 0.717) is 12.6 Å². The maximum Gasteiger partial charge on any atom is 0.119 e. The second-order valence-corrected chi connectivity index (χ2v) is 9.34. The molecule has 1 saturated heterocycles. The lowest BCUT2D eigenvalue weighted by Crippen LogP contribution is -2.53. The van der Waals surface area contributed by atoms with Crippen molar-refractivity contribution < 1.29 is 8.95 Å². The molecular weight excluding hydrogens is 322 g/mol. The fourth-order valence-electron chi connectivity index (χ4n) is 2.74. The van der Waals surface area contributed by atoms with Crippen molar-refractivity contribution in [3.8, 4) is 5.75 Å². The van der Waals surface area contributed by atoms with E-state index in [1.165, 1.54) is 6.42 Å². The van der Waals surface area contributed by atoms with E-state index in [-0.39, 0.29) is 0 Å². The van der Waals surface area contributed by atoms with Gasteiger partial charge in [0.1, 0.15) is 12.4 Å². The van der Waals surface area contributed by atoms with E-state index in [1.54, 1.807) is 13.3 Å². The molecule has 6 heteroatoms. The lowest BCUT2D eigenvalue weighted by molar-refractivity contribution is 0.153. The average Bonchev–Trinajstić information content (AvgIpc) is 2.59. The minimum atomic E-state index is -2.27. The van der Waals surface area contributed by atoms with Gasteiger partial charge in [-0.15, -0.1) is 0 Å². The first-order chi connectivity index (χ1) is 11.4. The van der Waals surface area contributed by atoms with Crippen LogP contribution in [0.3, 0.4) is 0 Å². The number of nitrogens with one attached hydrogen (secondary N) is 1. The molecule has 1 N–H and O–H groups in total. The van der Waals surface area contributed by atoms with Crippen molar-refractivity contribution in [3.63, 3.8) is 0 Å². The van der Waals surface area contributed by atoms with Gasteiger partial charge in [0.25, 0.3) is 0 Å². The molecule has 0 aliphatic carbocycles. The SMILES string of the molecule is CN=S(C)(=O)c1ccc(OCC2CN(CCC(C)C)CCN2)cc1. The van der Waals surface area contributed by atoms with Crippen molar-refractivity contribution in [2.75, 3.05) is 46.1 Å². The smallest absolute Gasteiger partial charge is 0.119 e. The Labute approximate surface area is 147 Å². The molecule has 0 amide bonds. The number of rotatable bonds is 7. The molecule has 2 atom stereocenters.